The molecule has 0 aromatic rings. The molecule has 112 valence electrons. The van der Waals surface area contributed by atoms with E-state index >= 15 is 0 Å². The number of likely N-dealkylation sites (N-methyl/N-ethyl adjacent to an activating group) is 1. The number of methoxy groups -OCH3 is 1. The van der Waals surface area contributed by atoms with E-state index in [0.717, 1.165) is 51.8 Å². The summed E-state index contributed by atoms with van der Waals surface area (Å²) in [6.07, 6.45) is 5.00. The zero-order valence-electron chi connectivity index (χ0n) is 12.4. The maximum atomic E-state index is 12.0. The second-order valence-corrected chi connectivity index (χ2v) is 5.56. The molecule has 0 saturated heterocycles. The van der Waals surface area contributed by atoms with Gasteiger partial charge in [0.2, 0.25) is 5.91 Å². The minimum atomic E-state index is 0.127. The lowest BCUT2D eigenvalue weighted by atomic mass is 9.85. The van der Waals surface area contributed by atoms with Gasteiger partial charge in [-0.25, -0.2) is 0 Å². The van der Waals surface area contributed by atoms with Crippen LogP contribution in [0.2, 0.25) is 0 Å². The van der Waals surface area contributed by atoms with Crippen molar-refractivity contribution in [3.05, 3.63) is 0 Å². The molecule has 0 spiro atoms. The lowest BCUT2D eigenvalue weighted by molar-refractivity contribution is -0.126. The Balaban J connectivity index is 2.09. The van der Waals surface area contributed by atoms with Crippen LogP contribution in [0.1, 0.15) is 32.1 Å². The van der Waals surface area contributed by atoms with Crippen LogP contribution in [0, 0.1) is 5.92 Å². The van der Waals surface area contributed by atoms with E-state index in [1.54, 1.807) is 7.11 Å². The molecule has 1 saturated carbocycles. The molecule has 1 rings (SSSR count). The third kappa shape index (κ3) is 6.89. The van der Waals surface area contributed by atoms with Gasteiger partial charge < -0.3 is 20.7 Å². The molecule has 1 aliphatic carbocycles. The van der Waals surface area contributed by atoms with Crippen LogP contribution in [0.3, 0.4) is 0 Å². The normalized spacial score (nSPS) is 23.6. The molecular weight excluding hydrogens is 242 g/mol. The first-order valence-corrected chi connectivity index (χ1v) is 7.34. The standard InChI is InChI=1S/C14H29N3O2/c1-17(8-4-10-19-2)9-7-16-14(18)12-5-3-6-13(15)11-12/h12-13H,3-11,15H2,1-2H3,(H,16,18). The first-order valence-electron chi connectivity index (χ1n) is 7.34. The molecule has 0 radical (unpaired) electrons. The van der Waals surface area contributed by atoms with E-state index in [0.29, 0.717) is 6.54 Å². The van der Waals surface area contributed by atoms with E-state index < -0.39 is 0 Å². The maximum Gasteiger partial charge on any atom is 0.223 e. The summed E-state index contributed by atoms with van der Waals surface area (Å²) in [6, 6.07) is 0.209. The minimum Gasteiger partial charge on any atom is -0.385 e. The topological polar surface area (TPSA) is 67.6 Å². The number of amides is 1. The maximum absolute atomic E-state index is 12.0. The average Bonchev–Trinajstić information content (AvgIpc) is 2.39. The summed E-state index contributed by atoms with van der Waals surface area (Å²) >= 11 is 0. The number of hydrogen-bond donors (Lipinski definition) is 2. The number of nitrogens with two attached hydrogens (primary N) is 1. The van der Waals surface area contributed by atoms with Gasteiger partial charge >= 0.3 is 0 Å². The Bertz CT molecular complexity index is 261. The van der Waals surface area contributed by atoms with Crippen molar-refractivity contribution in [2.75, 3.05) is 40.4 Å². The SMILES string of the molecule is COCCCN(C)CCNC(=O)C1CCCC(N)C1. The van der Waals surface area contributed by atoms with Crippen molar-refractivity contribution >= 4 is 5.91 Å². The molecule has 1 aliphatic rings. The lowest BCUT2D eigenvalue weighted by Gasteiger charge is -2.26. The van der Waals surface area contributed by atoms with Gasteiger partial charge in [-0.1, -0.05) is 6.42 Å². The monoisotopic (exact) mass is 271 g/mol. The van der Waals surface area contributed by atoms with E-state index in [9.17, 15) is 4.79 Å². The molecule has 5 nitrogen and oxygen atoms in total. The first kappa shape index (κ1) is 16.4. The quantitative estimate of drug-likeness (QED) is 0.634. The van der Waals surface area contributed by atoms with Crippen LogP contribution in [-0.4, -0.2) is 57.2 Å². The van der Waals surface area contributed by atoms with Crippen LogP contribution in [-0.2, 0) is 9.53 Å². The molecular formula is C14H29N3O2. The number of carbonyl (C=O) groups is 1. The Morgan fingerprint density at radius 1 is 1.42 bits per heavy atom. The fraction of sp³-hybridized carbons (Fsp3) is 0.929. The molecule has 0 aromatic heterocycles. The van der Waals surface area contributed by atoms with Crippen molar-refractivity contribution < 1.29 is 9.53 Å². The summed E-state index contributed by atoms with van der Waals surface area (Å²) in [5.41, 5.74) is 5.91. The van der Waals surface area contributed by atoms with E-state index in [1.807, 2.05) is 0 Å². The van der Waals surface area contributed by atoms with Gasteiger partial charge in [0.25, 0.3) is 0 Å². The molecule has 0 heterocycles. The van der Waals surface area contributed by atoms with Crippen LogP contribution in [0.5, 0.6) is 0 Å². The summed E-state index contributed by atoms with van der Waals surface area (Å²) in [5, 5.41) is 3.03. The van der Waals surface area contributed by atoms with Crippen molar-refractivity contribution in [2.45, 2.75) is 38.1 Å². The Morgan fingerprint density at radius 3 is 2.89 bits per heavy atom. The van der Waals surface area contributed by atoms with Crippen LogP contribution >= 0.6 is 0 Å². The Labute approximate surface area is 116 Å². The number of carbonyl (C=O) groups excluding carboxylic acids is 1. The third-order valence-corrected chi connectivity index (χ3v) is 3.77. The Morgan fingerprint density at radius 2 is 2.21 bits per heavy atom. The van der Waals surface area contributed by atoms with Gasteiger partial charge in [-0.15, -0.1) is 0 Å². The number of rotatable bonds is 8. The molecule has 1 fully saturated rings. The fourth-order valence-corrected chi connectivity index (χ4v) is 2.57. The molecule has 2 unspecified atom stereocenters. The van der Waals surface area contributed by atoms with Gasteiger partial charge in [0.05, 0.1) is 0 Å². The van der Waals surface area contributed by atoms with Crippen LogP contribution < -0.4 is 11.1 Å². The zero-order chi connectivity index (χ0) is 14.1. The van der Waals surface area contributed by atoms with E-state index in [4.69, 9.17) is 10.5 Å². The summed E-state index contributed by atoms with van der Waals surface area (Å²) < 4.78 is 5.02. The molecule has 3 N–H and O–H groups in total. The van der Waals surface area contributed by atoms with Crippen molar-refractivity contribution in [2.24, 2.45) is 11.7 Å². The summed E-state index contributed by atoms with van der Waals surface area (Å²) in [5.74, 6) is 0.308. The van der Waals surface area contributed by atoms with Gasteiger partial charge in [0.15, 0.2) is 0 Å². The fourth-order valence-electron chi connectivity index (χ4n) is 2.57. The highest BCUT2D eigenvalue weighted by Crippen LogP contribution is 2.22. The molecule has 0 aromatic carbocycles. The summed E-state index contributed by atoms with van der Waals surface area (Å²) in [6.45, 7) is 3.39. The predicted molar refractivity (Wildman–Crippen MR) is 76.9 cm³/mol. The molecule has 19 heavy (non-hydrogen) atoms. The summed E-state index contributed by atoms with van der Waals surface area (Å²) in [7, 11) is 3.79. The highest BCUT2D eigenvalue weighted by Gasteiger charge is 2.24. The predicted octanol–water partition coefficient (Wildman–Crippen LogP) is 0.588. The van der Waals surface area contributed by atoms with Crippen molar-refractivity contribution in [3.8, 4) is 0 Å². The number of nitrogens with one attached hydrogen (secondary N) is 1. The number of hydrogen-bond acceptors (Lipinski definition) is 4. The van der Waals surface area contributed by atoms with Crippen molar-refractivity contribution in [1.29, 1.82) is 0 Å². The smallest absolute Gasteiger partial charge is 0.223 e. The molecule has 0 aliphatic heterocycles. The van der Waals surface area contributed by atoms with Gasteiger partial charge in [0.1, 0.15) is 0 Å². The molecule has 0 bridgehead atoms. The van der Waals surface area contributed by atoms with E-state index in [-0.39, 0.29) is 17.9 Å². The van der Waals surface area contributed by atoms with E-state index in [2.05, 4.69) is 17.3 Å². The summed E-state index contributed by atoms with van der Waals surface area (Å²) in [4.78, 5) is 14.2. The average molecular weight is 271 g/mol. The van der Waals surface area contributed by atoms with Gasteiger partial charge in [0, 0.05) is 45.3 Å². The Kier molecular flexibility index (Phi) is 8.02. The van der Waals surface area contributed by atoms with Crippen LogP contribution in [0.4, 0.5) is 0 Å². The highest BCUT2D eigenvalue weighted by atomic mass is 16.5. The second-order valence-electron chi connectivity index (χ2n) is 5.56. The van der Waals surface area contributed by atoms with Gasteiger partial charge in [-0.05, 0) is 32.7 Å². The lowest BCUT2D eigenvalue weighted by Crippen LogP contribution is -2.40. The van der Waals surface area contributed by atoms with Crippen LogP contribution in [0.15, 0.2) is 0 Å². The Hall–Kier alpha value is -0.650. The molecule has 5 heteroatoms. The van der Waals surface area contributed by atoms with Gasteiger partial charge in [-0.2, -0.15) is 0 Å². The van der Waals surface area contributed by atoms with E-state index in [1.165, 1.54) is 0 Å². The minimum absolute atomic E-state index is 0.127. The number of ether oxygens (including phenoxy) is 1. The van der Waals surface area contributed by atoms with Gasteiger partial charge in [-0.3, -0.25) is 4.79 Å². The van der Waals surface area contributed by atoms with Crippen molar-refractivity contribution in [1.82, 2.24) is 10.2 Å². The molecule has 2 atom stereocenters. The molecule has 1 amide bonds. The van der Waals surface area contributed by atoms with Crippen LogP contribution in [0.25, 0.3) is 0 Å². The van der Waals surface area contributed by atoms with Crippen molar-refractivity contribution in [3.63, 3.8) is 0 Å². The third-order valence-electron chi connectivity index (χ3n) is 3.77. The first-order chi connectivity index (χ1) is 9.13. The largest absolute Gasteiger partial charge is 0.385 e. The number of nitrogens with zero attached hydrogens (tertiary/aromatic N) is 1. The zero-order valence-corrected chi connectivity index (χ0v) is 12.4. The highest BCUT2D eigenvalue weighted by molar-refractivity contribution is 5.78. The second kappa shape index (κ2) is 9.28.